The third-order valence-electron chi connectivity index (χ3n) is 12.2. The Morgan fingerprint density at radius 3 is 1.99 bits per heavy atom. The summed E-state index contributed by atoms with van der Waals surface area (Å²) in [6.07, 6.45) is 33.6. The van der Waals surface area contributed by atoms with Crippen LogP contribution >= 0.6 is 15.6 Å². The first-order valence-corrected chi connectivity index (χ1v) is 30.1. The molecule has 0 amide bonds. The normalized spacial score (nSPS) is 19.7. The summed E-state index contributed by atoms with van der Waals surface area (Å²) in [4.78, 5) is 62.0. The van der Waals surface area contributed by atoms with Crippen LogP contribution in [-0.2, 0) is 46.3 Å². The molecule has 2 heterocycles. The Morgan fingerprint density at radius 2 is 1.35 bits per heavy atom. The molecule has 19 nitrogen and oxygen atoms in total. The highest BCUT2D eigenvalue weighted by Crippen LogP contribution is 2.60. The topological polar surface area (TPSA) is 286 Å². The van der Waals surface area contributed by atoms with E-state index in [4.69, 9.17) is 29.0 Å². The molecule has 0 bridgehead atoms. The zero-order valence-corrected chi connectivity index (χ0v) is 46.2. The van der Waals surface area contributed by atoms with Crippen LogP contribution in [0.1, 0.15) is 194 Å². The van der Waals surface area contributed by atoms with Crippen molar-refractivity contribution in [3.05, 3.63) is 71.4 Å². The number of phosphoric acid groups is 2. The maximum Gasteiger partial charge on any atom is 0.481 e. The van der Waals surface area contributed by atoms with Crippen molar-refractivity contribution in [2.75, 3.05) is 25.6 Å². The molecule has 1 saturated heterocycles. The van der Waals surface area contributed by atoms with Crippen LogP contribution in [0.4, 0.5) is 5.82 Å². The predicted molar refractivity (Wildman–Crippen MR) is 285 cm³/mol. The lowest BCUT2D eigenvalue weighted by Crippen LogP contribution is -2.36. The quantitative estimate of drug-likeness (QED) is 0.0116. The Hall–Kier alpha value is -3.32. The summed E-state index contributed by atoms with van der Waals surface area (Å²) in [7, 11) is -10.9. The molecule has 0 saturated carbocycles. The number of aliphatic hydroxyl groups is 3. The summed E-state index contributed by atoms with van der Waals surface area (Å²) in [6.45, 7) is 4.34. The summed E-state index contributed by atoms with van der Waals surface area (Å²) < 4.78 is 56.8. The van der Waals surface area contributed by atoms with Crippen LogP contribution in [-0.4, -0.2) is 96.9 Å². The summed E-state index contributed by atoms with van der Waals surface area (Å²) in [5, 5.41) is 31.0. The van der Waals surface area contributed by atoms with Crippen LogP contribution in [0.25, 0.3) is 0 Å². The Balaban J connectivity index is 1.81. The third-order valence-corrected chi connectivity index (χ3v) is 14.8. The van der Waals surface area contributed by atoms with Gasteiger partial charge >= 0.3 is 33.3 Å². The molecule has 0 aliphatic carbocycles. The number of phosphoric ester groups is 2. The van der Waals surface area contributed by atoms with Crippen molar-refractivity contribution in [3.63, 3.8) is 0 Å². The third kappa shape index (κ3) is 33.0. The number of aromatic nitrogens is 2. The number of unbranched alkanes of at least 4 members (excludes halogenated alkanes) is 18. The summed E-state index contributed by atoms with van der Waals surface area (Å²) >= 11 is 0. The maximum absolute atomic E-state index is 12.9. The minimum Gasteiger partial charge on any atom is -0.462 e. The van der Waals surface area contributed by atoms with Gasteiger partial charge in [0, 0.05) is 19.0 Å². The first-order chi connectivity index (χ1) is 35.4. The first-order valence-electron chi connectivity index (χ1n) is 27.1. The van der Waals surface area contributed by atoms with E-state index in [1.165, 1.54) is 89.5 Å². The molecule has 8 atom stereocenters. The van der Waals surface area contributed by atoms with E-state index in [0.717, 1.165) is 55.2 Å². The number of rotatable bonds is 44. The number of nitrogens with zero attached hydrogens (tertiary/aromatic N) is 2. The average Bonchev–Trinajstić information content (AvgIpc) is 3.62. The number of hydrogen-bond acceptors (Lipinski definition) is 16. The van der Waals surface area contributed by atoms with Gasteiger partial charge < -0.3 is 45.1 Å². The van der Waals surface area contributed by atoms with Crippen molar-refractivity contribution in [2.45, 2.75) is 224 Å². The second-order valence-electron chi connectivity index (χ2n) is 19.4. The van der Waals surface area contributed by atoms with Crippen molar-refractivity contribution in [1.82, 2.24) is 9.55 Å². The van der Waals surface area contributed by atoms with E-state index in [9.17, 15) is 48.6 Å². The molecule has 1 aliphatic heterocycles. The predicted octanol–water partition coefficient (Wildman–Crippen LogP) is 10.6. The summed E-state index contributed by atoms with van der Waals surface area (Å²) in [5.41, 5.74) is 4.58. The van der Waals surface area contributed by atoms with E-state index < -0.39 is 89.8 Å². The molecule has 7 N–H and O–H groups in total. The van der Waals surface area contributed by atoms with Gasteiger partial charge in [0.2, 0.25) is 0 Å². The smallest absolute Gasteiger partial charge is 0.462 e. The van der Waals surface area contributed by atoms with Crippen molar-refractivity contribution in [1.29, 1.82) is 0 Å². The SMILES string of the molecule is CCCCC/C=C\C[C@H](O)/C=C/C=C\C/C=C\CCCC(=O)O[C@H](COC(=O)CCCCCCCCCCCCCCCCCC(C)C)COP(=O)(O)OP(=O)(O)OC[C@H]1O[C@@H](n2ccc(N)nc2=O)[C@H](O)[C@@H]1O. The first kappa shape index (κ1) is 66.8. The maximum atomic E-state index is 12.9. The van der Waals surface area contributed by atoms with Gasteiger partial charge in [-0.25, -0.2) is 13.9 Å². The number of ether oxygens (including phenoxy) is 3. The van der Waals surface area contributed by atoms with E-state index in [0.29, 0.717) is 32.1 Å². The van der Waals surface area contributed by atoms with Gasteiger partial charge in [0.15, 0.2) is 12.3 Å². The van der Waals surface area contributed by atoms with Gasteiger partial charge in [-0.15, -0.1) is 0 Å². The number of hydrogen-bond donors (Lipinski definition) is 6. The van der Waals surface area contributed by atoms with Crippen LogP contribution in [0.3, 0.4) is 0 Å². The van der Waals surface area contributed by atoms with E-state index in [2.05, 4.69) is 36.1 Å². The molecule has 1 fully saturated rings. The highest BCUT2D eigenvalue weighted by Gasteiger charge is 2.46. The molecule has 1 aromatic rings. The Bertz CT molecular complexity index is 1960. The minimum atomic E-state index is -5.45. The van der Waals surface area contributed by atoms with Crippen molar-refractivity contribution in [3.8, 4) is 0 Å². The molecular weight excluding hydrogens is 997 g/mol. The van der Waals surface area contributed by atoms with Crippen molar-refractivity contribution in [2.24, 2.45) is 5.92 Å². The number of allylic oxidation sites excluding steroid dienone is 6. The molecule has 1 aromatic heterocycles. The summed E-state index contributed by atoms with van der Waals surface area (Å²) in [5.74, 6) is -0.603. The average molecular weight is 1090 g/mol. The molecule has 2 unspecified atom stereocenters. The van der Waals surface area contributed by atoms with Gasteiger partial charge in [0.25, 0.3) is 0 Å². The van der Waals surface area contributed by atoms with Crippen molar-refractivity contribution < 1.29 is 71.4 Å². The molecule has 1 aliphatic rings. The van der Waals surface area contributed by atoms with Crippen LogP contribution in [0.2, 0.25) is 0 Å². The molecule has 0 aromatic carbocycles. The number of anilines is 1. The van der Waals surface area contributed by atoms with Gasteiger partial charge in [-0.1, -0.05) is 179 Å². The van der Waals surface area contributed by atoms with E-state index >= 15 is 0 Å². The fraction of sp³-hybridized carbons (Fsp3) is 0.736. The number of esters is 2. The zero-order chi connectivity index (χ0) is 54.5. The lowest BCUT2D eigenvalue weighted by molar-refractivity contribution is -0.161. The molecule has 0 radical (unpaired) electrons. The largest absolute Gasteiger partial charge is 0.481 e. The number of nitrogens with two attached hydrogens (primary N) is 1. The van der Waals surface area contributed by atoms with Gasteiger partial charge in [-0.2, -0.15) is 9.29 Å². The van der Waals surface area contributed by atoms with Crippen LogP contribution in [0.5, 0.6) is 0 Å². The van der Waals surface area contributed by atoms with Gasteiger partial charge in [-0.05, 0) is 56.9 Å². The van der Waals surface area contributed by atoms with Gasteiger partial charge in [-0.3, -0.25) is 23.2 Å². The lowest BCUT2D eigenvalue weighted by atomic mass is 10.0. The molecule has 0 spiro atoms. The molecule has 74 heavy (non-hydrogen) atoms. The lowest BCUT2D eigenvalue weighted by Gasteiger charge is -2.21. The van der Waals surface area contributed by atoms with Crippen LogP contribution in [0.15, 0.2) is 65.7 Å². The van der Waals surface area contributed by atoms with E-state index in [1.807, 2.05) is 30.4 Å². The highest BCUT2D eigenvalue weighted by molar-refractivity contribution is 7.61. The Morgan fingerprint density at radius 1 is 0.757 bits per heavy atom. The fourth-order valence-corrected chi connectivity index (χ4v) is 10.0. The second-order valence-corrected chi connectivity index (χ2v) is 22.5. The number of carbonyl (C=O) groups excluding carboxylic acids is 2. The Kier molecular flexibility index (Phi) is 36.1. The number of aliphatic hydroxyl groups excluding tert-OH is 3. The molecule has 2 rings (SSSR count). The molecule has 424 valence electrons. The van der Waals surface area contributed by atoms with Crippen LogP contribution < -0.4 is 11.4 Å². The Labute approximate surface area is 440 Å². The number of nitrogen functional groups attached to an aromatic ring is 1. The second kappa shape index (κ2) is 40.0. The van der Waals surface area contributed by atoms with Crippen molar-refractivity contribution >= 4 is 33.4 Å². The van der Waals surface area contributed by atoms with E-state index in [1.54, 1.807) is 12.2 Å². The van der Waals surface area contributed by atoms with Gasteiger partial charge in [0.05, 0.1) is 19.3 Å². The monoisotopic (exact) mass is 1090 g/mol. The number of carbonyl (C=O) groups is 2. The molecular formula is C53H91N3O16P2. The van der Waals surface area contributed by atoms with Gasteiger partial charge in [0.1, 0.15) is 30.7 Å². The minimum absolute atomic E-state index is 0.0574. The zero-order valence-electron chi connectivity index (χ0n) is 44.4. The highest BCUT2D eigenvalue weighted by atomic mass is 31.3. The molecule has 21 heteroatoms. The summed E-state index contributed by atoms with van der Waals surface area (Å²) in [6, 6.07) is 1.24. The fourth-order valence-electron chi connectivity index (χ4n) is 7.93. The van der Waals surface area contributed by atoms with E-state index in [-0.39, 0.29) is 18.7 Å². The van der Waals surface area contributed by atoms with Crippen LogP contribution in [0, 0.1) is 5.92 Å². The standard InChI is InChI=1S/C53H91N3O16P2/c1-4-5-6-7-24-29-34-44(57)35-30-25-20-17-18-22-27-32-37-49(59)70-45(40-67-48(58)36-31-26-21-16-14-12-10-8-9-11-13-15-19-23-28-33-43(2)3)41-68-73(63,64)72-74(65,66)69-42-46-50(60)51(61)52(71-46)56-39-38-47(54)55-53(56)62/h18,20,22,24-25,29-30,35,38-39,43-46,50-52,57,60-61H,4-17,19,21,23,26-28,31-34,36-37,40-42H2,1-3H3,(H,63,64)(H,65,66)(H2,54,55,62)/b22-18-,25-20-,29-24-,35-30+/t44-,45+,46+,50+,51+,52+/m0/s1.